The molecule has 2 N–H and O–H groups in total. The monoisotopic (exact) mass is 261 g/mol. The third-order valence-corrected chi connectivity index (χ3v) is 3.18. The molecular formula is C15H16FNO2. The molecule has 0 fully saturated rings. The van der Waals surface area contributed by atoms with Gasteiger partial charge < -0.3 is 10.1 Å². The van der Waals surface area contributed by atoms with Gasteiger partial charge in [0.25, 0.3) is 0 Å². The van der Waals surface area contributed by atoms with Gasteiger partial charge >= 0.3 is 5.97 Å². The average molecular weight is 261 g/mol. The van der Waals surface area contributed by atoms with E-state index >= 15 is 0 Å². The molecule has 0 saturated carbocycles. The summed E-state index contributed by atoms with van der Waals surface area (Å²) in [5, 5.41) is 8.95. The number of benzene rings is 1. The minimum absolute atomic E-state index is 0.0439. The molecule has 0 spiro atoms. The van der Waals surface area contributed by atoms with Crippen molar-refractivity contribution in [1.82, 2.24) is 4.98 Å². The maximum absolute atomic E-state index is 12.8. The standard InChI is InChI=1S/C15H16FNO2/c16-13-7-4-11(5-8-13)3-6-12(10-15(18)19)14-2-1-9-17-14/h1-2,4-5,7-9,12,17H,3,6,10H2,(H,18,19). The molecule has 3 nitrogen and oxygen atoms in total. The number of aryl methyl sites for hydroxylation is 1. The highest BCUT2D eigenvalue weighted by Crippen LogP contribution is 2.24. The molecule has 1 unspecified atom stereocenters. The lowest BCUT2D eigenvalue weighted by Gasteiger charge is -2.13. The molecule has 1 aromatic heterocycles. The van der Waals surface area contributed by atoms with E-state index < -0.39 is 5.97 Å². The number of carboxylic acids is 1. The fourth-order valence-corrected chi connectivity index (χ4v) is 2.17. The number of aromatic amines is 1. The van der Waals surface area contributed by atoms with Gasteiger partial charge in [-0.3, -0.25) is 4.79 Å². The van der Waals surface area contributed by atoms with Gasteiger partial charge in [0.2, 0.25) is 0 Å². The number of carboxylic acid groups (broad SMARTS) is 1. The molecule has 0 bridgehead atoms. The third kappa shape index (κ3) is 3.95. The van der Waals surface area contributed by atoms with Crippen LogP contribution in [0.5, 0.6) is 0 Å². The fourth-order valence-electron chi connectivity index (χ4n) is 2.17. The minimum Gasteiger partial charge on any atom is -0.481 e. The molecular weight excluding hydrogens is 245 g/mol. The molecule has 0 amide bonds. The van der Waals surface area contributed by atoms with Crippen LogP contribution in [-0.4, -0.2) is 16.1 Å². The van der Waals surface area contributed by atoms with Crippen LogP contribution in [0.4, 0.5) is 4.39 Å². The molecule has 0 aliphatic heterocycles. The molecule has 1 atom stereocenters. The molecule has 1 heterocycles. The summed E-state index contributed by atoms with van der Waals surface area (Å²) in [4.78, 5) is 14.0. The van der Waals surface area contributed by atoms with Crippen LogP contribution in [0.25, 0.3) is 0 Å². The van der Waals surface area contributed by atoms with Gasteiger partial charge in [0.15, 0.2) is 0 Å². The molecule has 0 aliphatic carbocycles. The van der Waals surface area contributed by atoms with Crippen LogP contribution in [0, 0.1) is 5.82 Å². The maximum Gasteiger partial charge on any atom is 0.304 e. The molecule has 100 valence electrons. The normalized spacial score (nSPS) is 12.3. The maximum atomic E-state index is 12.8. The molecule has 19 heavy (non-hydrogen) atoms. The summed E-state index contributed by atoms with van der Waals surface area (Å²) in [5.41, 5.74) is 1.95. The predicted molar refractivity (Wildman–Crippen MR) is 70.5 cm³/mol. The van der Waals surface area contributed by atoms with Gasteiger partial charge in [-0.05, 0) is 42.7 Å². The fraction of sp³-hybridized carbons (Fsp3) is 0.267. The number of hydrogen-bond acceptors (Lipinski definition) is 1. The molecule has 0 radical (unpaired) electrons. The summed E-state index contributed by atoms with van der Waals surface area (Å²) in [7, 11) is 0. The van der Waals surface area contributed by atoms with E-state index in [1.54, 1.807) is 18.3 Å². The Morgan fingerprint density at radius 1 is 1.26 bits per heavy atom. The van der Waals surface area contributed by atoms with Gasteiger partial charge in [0.05, 0.1) is 6.42 Å². The van der Waals surface area contributed by atoms with Crippen molar-refractivity contribution in [3.63, 3.8) is 0 Å². The summed E-state index contributed by atoms with van der Waals surface area (Å²) in [6, 6.07) is 10.1. The Morgan fingerprint density at radius 2 is 2.00 bits per heavy atom. The lowest BCUT2D eigenvalue weighted by atomic mass is 9.93. The van der Waals surface area contributed by atoms with Crippen LogP contribution in [-0.2, 0) is 11.2 Å². The summed E-state index contributed by atoms with van der Waals surface area (Å²) in [5.74, 6) is -1.11. The number of rotatable bonds is 6. The van der Waals surface area contributed by atoms with E-state index in [0.717, 1.165) is 24.1 Å². The van der Waals surface area contributed by atoms with Crippen molar-refractivity contribution in [2.45, 2.75) is 25.2 Å². The zero-order chi connectivity index (χ0) is 13.7. The van der Waals surface area contributed by atoms with E-state index in [-0.39, 0.29) is 18.2 Å². The molecule has 2 aromatic rings. The highest BCUT2D eigenvalue weighted by molar-refractivity contribution is 5.67. The summed E-state index contributed by atoms with van der Waals surface area (Å²) in [6.07, 6.45) is 3.35. The number of aromatic nitrogens is 1. The number of aliphatic carboxylic acids is 1. The first-order chi connectivity index (χ1) is 9.15. The van der Waals surface area contributed by atoms with Crippen molar-refractivity contribution >= 4 is 5.97 Å². The molecule has 1 aromatic carbocycles. The van der Waals surface area contributed by atoms with Crippen LogP contribution in [0.2, 0.25) is 0 Å². The Morgan fingerprint density at radius 3 is 2.58 bits per heavy atom. The zero-order valence-corrected chi connectivity index (χ0v) is 10.5. The van der Waals surface area contributed by atoms with E-state index in [9.17, 15) is 9.18 Å². The number of nitrogens with one attached hydrogen (secondary N) is 1. The first-order valence-corrected chi connectivity index (χ1v) is 6.24. The van der Waals surface area contributed by atoms with Crippen molar-refractivity contribution in [2.75, 3.05) is 0 Å². The second-order valence-corrected chi connectivity index (χ2v) is 4.59. The van der Waals surface area contributed by atoms with Gasteiger partial charge in [0, 0.05) is 17.8 Å². The summed E-state index contributed by atoms with van der Waals surface area (Å²) in [6.45, 7) is 0. The van der Waals surface area contributed by atoms with Crippen LogP contribution in [0.15, 0.2) is 42.6 Å². The smallest absolute Gasteiger partial charge is 0.304 e. The van der Waals surface area contributed by atoms with Crippen LogP contribution in [0.1, 0.15) is 30.0 Å². The topological polar surface area (TPSA) is 53.1 Å². The predicted octanol–water partition coefficient (Wildman–Crippen LogP) is 3.34. The van der Waals surface area contributed by atoms with Gasteiger partial charge in [-0.1, -0.05) is 12.1 Å². The van der Waals surface area contributed by atoms with Crippen molar-refractivity contribution in [3.05, 3.63) is 59.7 Å². The Hall–Kier alpha value is -2.10. The van der Waals surface area contributed by atoms with Crippen molar-refractivity contribution in [3.8, 4) is 0 Å². The van der Waals surface area contributed by atoms with Crippen molar-refractivity contribution in [1.29, 1.82) is 0 Å². The largest absolute Gasteiger partial charge is 0.481 e. The van der Waals surface area contributed by atoms with Gasteiger partial charge in [-0.15, -0.1) is 0 Å². The quantitative estimate of drug-likeness (QED) is 0.837. The van der Waals surface area contributed by atoms with Crippen LogP contribution >= 0.6 is 0 Å². The molecule has 0 aliphatic rings. The lowest BCUT2D eigenvalue weighted by molar-refractivity contribution is -0.137. The summed E-state index contributed by atoms with van der Waals surface area (Å²) < 4.78 is 12.8. The number of hydrogen-bond donors (Lipinski definition) is 2. The summed E-state index contributed by atoms with van der Waals surface area (Å²) >= 11 is 0. The minimum atomic E-state index is -0.807. The van der Waals surface area contributed by atoms with E-state index in [1.165, 1.54) is 12.1 Å². The van der Waals surface area contributed by atoms with E-state index in [4.69, 9.17) is 5.11 Å². The Labute approximate surface area is 111 Å². The first-order valence-electron chi connectivity index (χ1n) is 6.24. The Bertz CT molecular complexity index is 520. The highest BCUT2D eigenvalue weighted by Gasteiger charge is 2.16. The van der Waals surface area contributed by atoms with E-state index in [0.29, 0.717) is 0 Å². The average Bonchev–Trinajstić information content (AvgIpc) is 2.90. The van der Waals surface area contributed by atoms with Gasteiger partial charge in [-0.2, -0.15) is 0 Å². The van der Waals surface area contributed by atoms with E-state index in [2.05, 4.69) is 4.98 Å². The Balaban J connectivity index is 2.00. The lowest BCUT2D eigenvalue weighted by Crippen LogP contribution is -2.08. The number of H-pyrrole nitrogens is 1. The van der Waals surface area contributed by atoms with Crippen LogP contribution in [0.3, 0.4) is 0 Å². The van der Waals surface area contributed by atoms with Crippen molar-refractivity contribution < 1.29 is 14.3 Å². The molecule has 0 saturated heterocycles. The molecule has 2 rings (SSSR count). The first kappa shape index (κ1) is 13.3. The van der Waals surface area contributed by atoms with E-state index in [1.807, 2.05) is 12.1 Å². The second kappa shape index (κ2) is 6.18. The van der Waals surface area contributed by atoms with Crippen LogP contribution < -0.4 is 0 Å². The molecule has 4 heteroatoms. The number of halogens is 1. The SMILES string of the molecule is O=C(O)CC(CCc1ccc(F)cc1)c1ccc[nH]1. The van der Waals surface area contributed by atoms with Gasteiger partial charge in [0.1, 0.15) is 5.82 Å². The van der Waals surface area contributed by atoms with Gasteiger partial charge in [-0.25, -0.2) is 4.39 Å². The second-order valence-electron chi connectivity index (χ2n) is 4.59. The third-order valence-electron chi connectivity index (χ3n) is 3.18. The Kier molecular flexibility index (Phi) is 4.34. The number of carbonyl (C=O) groups is 1. The highest BCUT2D eigenvalue weighted by atomic mass is 19.1. The van der Waals surface area contributed by atoms with Crippen molar-refractivity contribution in [2.24, 2.45) is 0 Å². The zero-order valence-electron chi connectivity index (χ0n) is 10.5.